The summed E-state index contributed by atoms with van der Waals surface area (Å²) in [6, 6.07) is 0.0242. The van der Waals surface area contributed by atoms with Crippen LogP contribution in [0.2, 0.25) is 0 Å². The molecule has 6 heteroatoms. The van der Waals surface area contributed by atoms with E-state index in [1.54, 1.807) is 0 Å². The maximum atomic E-state index is 12.8. The molecular weight excluding hydrogens is 235 g/mol. The molecule has 2 atom stereocenters. The van der Waals surface area contributed by atoms with Gasteiger partial charge in [-0.05, 0) is 20.3 Å². The third kappa shape index (κ3) is 3.36. The molecule has 1 saturated heterocycles. The van der Waals surface area contributed by atoms with E-state index in [1.807, 2.05) is 18.7 Å². The molecule has 0 unspecified atom stereocenters. The normalized spacial score (nSPS) is 24.6. The summed E-state index contributed by atoms with van der Waals surface area (Å²) in [4.78, 5) is 9.90. The predicted octanol–water partition coefficient (Wildman–Crippen LogP) is 0.947. The van der Waals surface area contributed by atoms with E-state index in [0.29, 0.717) is 19.0 Å². The van der Waals surface area contributed by atoms with Crippen molar-refractivity contribution in [3.8, 4) is 0 Å². The van der Waals surface area contributed by atoms with Crippen molar-refractivity contribution >= 4 is 5.95 Å². The Hall–Kier alpha value is -1.27. The summed E-state index contributed by atoms with van der Waals surface area (Å²) < 4.78 is 18.6. The van der Waals surface area contributed by atoms with Gasteiger partial charge in [0.2, 0.25) is 5.95 Å². The molecule has 100 valence electrons. The van der Waals surface area contributed by atoms with E-state index in [0.717, 1.165) is 6.42 Å². The first-order valence-corrected chi connectivity index (χ1v) is 6.18. The standard InChI is InChI=1S/C12H19FN4O/c1-8(2)18-11-3-10(14)6-17(7-11)12-15-4-9(13)5-16-12/h4-5,8,10-11H,3,6-7,14H2,1-2H3/t10-,11+/m1/s1. The zero-order valence-corrected chi connectivity index (χ0v) is 10.7. The topological polar surface area (TPSA) is 64.3 Å². The van der Waals surface area contributed by atoms with Crippen LogP contribution in [0.15, 0.2) is 12.4 Å². The Morgan fingerprint density at radius 1 is 1.39 bits per heavy atom. The second kappa shape index (κ2) is 5.58. The average molecular weight is 254 g/mol. The lowest BCUT2D eigenvalue weighted by Gasteiger charge is -2.36. The minimum atomic E-state index is -0.435. The van der Waals surface area contributed by atoms with Crippen LogP contribution in [-0.2, 0) is 4.74 Å². The smallest absolute Gasteiger partial charge is 0.225 e. The zero-order chi connectivity index (χ0) is 13.1. The highest BCUT2D eigenvalue weighted by molar-refractivity contribution is 5.30. The zero-order valence-electron chi connectivity index (χ0n) is 10.7. The van der Waals surface area contributed by atoms with Crippen molar-refractivity contribution in [2.75, 3.05) is 18.0 Å². The lowest BCUT2D eigenvalue weighted by molar-refractivity contribution is -0.00249. The van der Waals surface area contributed by atoms with Gasteiger partial charge in [-0.15, -0.1) is 0 Å². The maximum absolute atomic E-state index is 12.8. The molecule has 0 radical (unpaired) electrons. The van der Waals surface area contributed by atoms with Crippen molar-refractivity contribution in [3.63, 3.8) is 0 Å². The van der Waals surface area contributed by atoms with Crippen LogP contribution in [-0.4, -0.2) is 41.3 Å². The molecule has 0 bridgehead atoms. The molecule has 2 N–H and O–H groups in total. The van der Waals surface area contributed by atoms with Crippen LogP contribution in [0.4, 0.5) is 10.3 Å². The molecule has 1 aromatic heterocycles. The van der Waals surface area contributed by atoms with Gasteiger partial charge in [0, 0.05) is 19.1 Å². The molecule has 1 aliphatic heterocycles. The first-order valence-electron chi connectivity index (χ1n) is 6.18. The third-order valence-corrected chi connectivity index (χ3v) is 2.80. The number of rotatable bonds is 3. The summed E-state index contributed by atoms with van der Waals surface area (Å²) in [7, 11) is 0. The molecule has 0 aromatic carbocycles. The fourth-order valence-corrected chi connectivity index (χ4v) is 2.21. The number of nitrogens with two attached hydrogens (primary N) is 1. The predicted molar refractivity (Wildman–Crippen MR) is 66.8 cm³/mol. The summed E-state index contributed by atoms with van der Waals surface area (Å²) in [6.07, 6.45) is 3.40. The van der Waals surface area contributed by atoms with Crippen LogP contribution in [0.25, 0.3) is 0 Å². The highest BCUT2D eigenvalue weighted by atomic mass is 19.1. The number of nitrogens with zero attached hydrogens (tertiary/aromatic N) is 3. The van der Waals surface area contributed by atoms with E-state index in [-0.39, 0.29) is 18.2 Å². The van der Waals surface area contributed by atoms with E-state index in [9.17, 15) is 4.39 Å². The van der Waals surface area contributed by atoms with E-state index in [2.05, 4.69) is 9.97 Å². The number of halogens is 1. The van der Waals surface area contributed by atoms with Gasteiger partial charge in [0.25, 0.3) is 0 Å². The lowest BCUT2D eigenvalue weighted by Crippen LogP contribution is -2.51. The van der Waals surface area contributed by atoms with Gasteiger partial charge < -0.3 is 15.4 Å². The Balaban J connectivity index is 2.06. The molecule has 0 saturated carbocycles. The Morgan fingerprint density at radius 2 is 2.06 bits per heavy atom. The second-order valence-electron chi connectivity index (χ2n) is 4.91. The summed E-state index contributed by atoms with van der Waals surface area (Å²) in [5.74, 6) is 0.0685. The number of piperidine rings is 1. The quantitative estimate of drug-likeness (QED) is 0.870. The highest BCUT2D eigenvalue weighted by Gasteiger charge is 2.27. The van der Waals surface area contributed by atoms with Crippen LogP contribution < -0.4 is 10.6 Å². The number of aromatic nitrogens is 2. The third-order valence-electron chi connectivity index (χ3n) is 2.80. The molecule has 0 spiro atoms. The van der Waals surface area contributed by atoms with Crippen LogP contribution in [0, 0.1) is 5.82 Å². The minimum Gasteiger partial charge on any atom is -0.374 e. The summed E-state index contributed by atoms with van der Waals surface area (Å²) in [6.45, 7) is 5.36. The van der Waals surface area contributed by atoms with E-state index in [4.69, 9.17) is 10.5 Å². The van der Waals surface area contributed by atoms with E-state index >= 15 is 0 Å². The van der Waals surface area contributed by atoms with Crippen molar-refractivity contribution in [3.05, 3.63) is 18.2 Å². The van der Waals surface area contributed by atoms with Gasteiger partial charge in [0.1, 0.15) is 0 Å². The molecule has 2 heterocycles. The molecule has 18 heavy (non-hydrogen) atoms. The summed E-state index contributed by atoms with van der Waals surface area (Å²) >= 11 is 0. The molecule has 0 amide bonds. The summed E-state index contributed by atoms with van der Waals surface area (Å²) in [5, 5.41) is 0. The number of hydrogen-bond donors (Lipinski definition) is 1. The van der Waals surface area contributed by atoms with Gasteiger partial charge in [0.05, 0.1) is 24.6 Å². The van der Waals surface area contributed by atoms with Crippen LogP contribution >= 0.6 is 0 Å². The highest BCUT2D eigenvalue weighted by Crippen LogP contribution is 2.18. The Morgan fingerprint density at radius 3 is 2.67 bits per heavy atom. The molecule has 1 aromatic rings. The molecule has 1 fully saturated rings. The number of hydrogen-bond acceptors (Lipinski definition) is 5. The van der Waals surface area contributed by atoms with Gasteiger partial charge in [-0.2, -0.15) is 0 Å². The van der Waals surface area contributed by atoms with E-state index < -0.39 is 5.82 Å². The van der Waals surface area contributed by atoms with Crippen LogP contribution in [0.1, 0.15) is 20.3 Å². The van der Waals surface area contributed by atoms with Crippen molar-refractivity contribution < 1.29 is 9.13 Å². The van der Waals surface area contributed by atoms with Gasteiger partial charge >= 0.3 is 0 Å². The number of anilines is 1. The van der Waals surface area contributed by atoms with Gasteiger partial charge in [-0.1, -0.05) is 0 Å². The van der Waals surface area contributed by atoms with Gasteiger partial charge in [-0.25, -0.2) is 14.4 Å². The molecular formula is C12H19FN4O. The van der Waals surface area contributed by atoms with Crippen LogP contribution in [0.5, 0.6) is 0 Å². The Kier molecular flexibility index (Phi) is 4.08. The fourth-order valence-electron chi connectivity index (χ4n) is 2.21. The van der Waals surface area contributed by atoms with Gasteiger partial charge in [0.15, 0.2) is 5.82 Å². The molecule has 5 nitrogen and oxygen atoms in total. The van der Waals surface area contributed by atoms with Crippen molar-refractivity contribution in [2.45, 2.75) is 38.5 Å². The average Bonchev–Trinajstić information content (AvgIpc) is 2.28. The largest absolute Gasteiger partial charge is 0.374 e. The first kappa shape index (κ1) is 13.2. The minimum absolute atomic E-state index is 0.0242. The van der Waals surface area contributed by atoms with E-state index in [1.165, 1.54) is 12.4 Å². The van der Waals surface area contributed by atoms with Crippen molar-refractivity contribution in [1.29, 1.82) is 0 Å². The monoisotopic (exact) mass is 254 g/mol. The SMILES string of the molecule is CC(C)O[C@H]1C[C@@H](N)CN(c2ncc(F)cn2)C1. The number of ether oxygens (including phenoxy) is 1. The summed E-state index contributed by atoms with van der Waals surface area (Å²) in [5.41, 5.74) is 6.01. The second-order valence-corrected chi connectivity index (χ2v) is 4.91. The van der Waals surface area contributed by atoms with Crippen molar-refractivity contribution in [2.24, 2.45) is 5.73 Å². The van der Waals surface area contributed by atoms with Gasteiger partial charge in [-0.3, -0.25) is 0 Å². The lowest BCUT2D eigenvalue weighted by atomic mass is 10.0. The fraction of sp³-hybridized carbons (Fsp3) is 0.667. The molecule has 2 rings (SSSR count). The Labute approximate surface area is 106 Å². The van der Waals surface area contributed by atoms with Crippen LogP contribution in [0.3, 0.4) is 0 Å². The maximum Gasteiger partial charge on any atom is 0.225 e. The molecule has 0 aliphatic carbocycles. The molecule has 1 aliphatic rings. The first-order chi connectivity index (χ1) is 8.54. The van der Waals surface area contributed by atoms with Crippen molar-refractivity contribution in [1.82, 2.24) is 9.97 Å². The Bertz CT molecular complexity index is 382.